The van der Waals surface area contributed by atoms with Crippen LogP contribution in [-0.2, 0) is 14.3 Å². The molecule has 1 saturated carbocycles. The predicted molar refractivity (Wildman–Crippen MR) is 91.6 cm³/mol. The number of halogens is 1. The van der Waals surface area contributed by atoms with Gasteiger partial charge in [-0.25, -0.2) is 0 Å². The molecule has 0 radical (unpaired) electrons. The summed E-state index contributed by atoms with van der Waals surface area (Å²) in [5.41, 5.74) is -0.394. The molecule has 0 unspecified atom stereocenters. The number of methoxy groups -OCH3 is 1. The van der Waals surface area contributed by atoms with E-state index in [-0.39, 0.29) is 30.1 Å². The molecule has 2 aliphatic rings. The van der Waals surface area contributed by atoms with E-state index >= 15 is 0 Å². The van der Waals surface area contributed by atoms with Crippen molar-refractivity contribution >= 4 is 24.2 Å². The molecule has 3 N–H and O–H groups in total. The van der Waals surface area contributed by atoms with Crippen molar-refractivity contribution in [1.82, 2.24) is 16.0 Å². The largest absolute Gasteiger partial charge is 0.384 e. The highest BCUT2D eigenvalue weighted by atomic mass is 35.5. The van der Waals surface area contributed by atoms with Gasteiger partial charge in [0.1, 0.15) is 0 Å². The van der Waals surface area contributed by atoms with E-state index in [1.165, 1.54) is 6.42 Å². The summed E-state index contributed by atoms with van der Waals surface area (Å²) in [6, 6.07) is 0. The minimum absolute atomic E-state index is 0. The van der Waals surface area contributed by atoms with E-state index in [9.17, 15) is 9.59 Å². The molecule has 2 rings (SSSR count). The summed E-state index contributed by atoms with van der Waals surface area (Å²) < 4.78 is 5.26. The van der Waals surface area contributed by atoms with E-state index in [4.69, 9.17) is 4.74 Å². The number of carbonyl (C=O) groups excluding carboxylic acids is 2. The number of amides is 2. The van der Waals surface area contributed by atoms with Crippen molar-refractivity contribution in [2.24, 2.45) is 11.3 Å². The van der Waals surface area contributed by atoms with E-state index in [1.54, 1.807) is 7.11 Å². The van der Waals surface area contributed by atoms with Gasteiger partial charge in [-0.2, -0.15) is 0 Å². The van der Waals surface area contributed by atoms with Gasteiger partial charge in [-0.05, 0) is 45.2 Å². The second-order valence-corrected chi connectivity index (χ2v) is 6.49. The molecular weight excluding hydrogens is 318 g/mol. The van der Waals surface area contributed by atoms with E-state index in [0.717, 1.165) is 45.2 Å². The second-order valence-electron chi connectivity index (χ2n) is 6.49. The van der Waals surface area contributed by atoms with Gasteiger partial charge in [-0.15, -0.1) is 12.4 Å². The number of piperidine rings is 1. The van der Waals surface area contributed by atoms with Crippen LogP contribution in [-0.4, -0.2) is 51.7 Å². The summed E-state index contributed by atoms with van der Waals surface area (Å²) in [4.78, 5) is 24.1. The normalized spacial score (nSPS) is 20.0. The van der Waals surface area contributed by atoms with Crippen molar-refractivity contribution < 1.29 is 14.3 Å². The van der Waals surface area contributed by atoms with Gasteiger partial charge in [0.2, 0.25) is 11.8 Å². The second kappa shape index (κ2) is 10.1. The number of rotatable bonds is 8. The summed E-state index contributed by atoms with van der Waals surface area (Å²) in [5, 5.41) is 9.24. The maximum absolute atomic E-state index is 12.5. The highest BCUT2D eigenvalue weighted by Gasteiger charge is 2.39. The Morgan fingerprint density at radius 1 is 1.17 bits per heavy atom. The summed E-state index contributed by atoms with van der Waals surface area (Å²) in [6.07, 6.45) is 5.61. The third-order valence-corrected chi connectivity index (χ3v) is 4.88. The lowest BCUT2D eigenvalue weighted by molar-refractivity contribution is -0.136. The van der Waals surface area contributed by atoms with E-state index < -0.39 is 5.41 Å². The van der Waals surface area contributed by atoms with E-state index in [1.807, 2.05) is 0 Å². The Morgan fingerprint density at radius 2 is 1.83 bits per heavy atom. The fourth-order valence-corrected chi connectivity index (χ4v) is 3.12. The Kier molecular flexibility index (Phi) is 8.87. The molecule has 134 valence electrons. The summed E-state index contributed by atoms with van der Waals surface area (Å²) in [7, 11) is 1.65. The van der Waals surface area contributed by atoms with Gasteiger partial charge >= 0.3 is 0 Å². The summed E-state index contributed by atoms with van der Waals surface area (Å²) in [5.74, 6) is 0.488. The van der Waals surface area contributed by atoms with Gasteiger partial charge in [0, 0.05) is 26.1 Å². The lowest BCUT2D eigenvalue weighted by Gasteiger charge is -2.35. The number of hydrogen-bond donors (Lipinski definition) is 3. The molecule has 0 aromatic heterocycles. The topological polar surface area (TPSA) is 79.5 Å². The van der Waals surface area contributed by atoms with Gasteiger partial charge in [0.25, 0.3) is 0 Å². The van der Waals surface area contributed by atoms with Crippen molar-refractivity contribution in [3.8, 4) is 0 Å². The van der Waals surface area contributed by atoms with E-state index in [2.05, 4.69) is 16.0 Å². The van der Waals surface area contributed by atoms with Crippen LogP contribution in [0.2, 0.25) is 0 Å². The van der Waals surface area contributed by atoms with Gasteiger partial charge in [-0.1, -0.05) is 6.42 Å². The number of hydrogen-bond acceptors (Lipinski definition) is 4. The van der Waals surface area contributed by atoms with Crippen LogP contribution in [0.15, 0.2) is 0 Å². The summed E-state index contributed by atoms with van der Waals surface area (Å²) in [6.45, 7) is 3.42. The third kappa shape index (κ3) is 5.62. The quantitative estimate of drug-likeness (QED) is 0.569. The van der Waals surface area contributed by atoms with Gasteiger partial charge in [-0.3, -0.25) is 9.59 Å². The average molecular weight is 348 g/mol. The molecule has 2 amide bonds. The van der Waals surface area contributed by atoms with Crippen molar-refractivity contribution in [2.75, 3.05) is 39.9 Å². The molecule has 1 aliphatic carbocycles. The minimum atomic E-state index is -0.394. The minimum Gasteiger partial charge on any atom is -0.384 e. The third-order valence-electron chi connectivity index (χ3n) is 4.88. The number of ether oxygens (including phenoxy) is 1. The first-order valence-corrected chi connectivity index (χ1v) is 8.44. The lowest BCUT2D eigenvalue weighted by Crippen LogP contribution is -2.50. The zero-order valence-electron chi connectivity index (χ0n) is 14.0. The van der Waals surface area contributed by atoms with Crippen LogP contribution in [0.1, 0.15) is 38.5 Å². The Balaban J connectivity index is 0.00000264. The first-order chi connectivity index (χ1) is 10.7. The van der Waals surface area contributed by atoms with Crippen LogP contribution in [0.3, 0.4) is 0 Å². The van der Waals surface area contributed by atoms with Crippen LogP contribution >= 0.6 is 12.4 Å². The van der Waals surface area contributed by atoms with Crippen molar-refractivity contribution in [1.29, 1.82) is 0 Å². The molecule has 1 heterocycles. The van der Waals surface area contributed by atoms with Gasteiger partial charge in [0.05, 0.1) is 12.0 Å². The highest BCUT2D eigenvalue weighted by Crippen LogP contribution is 2.29. The molecule has 0 aromatic carbocycles. The maximum Gasteiger partial charge on any atom is 0.228 e. The van der Waals surface area contributed by atoms with Gasteiger partial charge in [0.15, 0.2) is 0 Å². The first kappa shape index (κ1) is 20.2. The first-order valence-electron chi connectivity index (χ1n) is 8.44. The molecule has 0 bridgehead atoms. The monoisotopic (exact) mass is 347 g/mol. The fourth-order valence-electron chi connectivity index (χ4n) is 3.12. The van der Waals surface area contributed by atoms with Gasteiger partial charge < -0.3 is 20.7 Å². The van der Waals surface area contributed by atoms with Crippen LogP contribution in [0, 0.1) is 11.3 Å². The standard InChI is InChI=1S/C16H29N3O3.ClH/c1-22-12-16(6-10-17-11-7-16)15(21)19-9-3-8-18-14(20)13-4-2-5-13;/h13,17H,2-12H2,1H3,(H,18,20)(H,19,21);1H. The average Bonchev–Trinajstić information content (AvgIpc) is 2.46. The SMILES string of the molecule is COCC1(C(=O)NCCCNC(=O)C2CCC2)CCNCC1.Cl. The van der Waals surface area contributed by atoms with Crippen molar-refractivity contribution in [3.05, 3.63) is 0 Å². The Morgan fingerprint density at radius 3 is 2.39 bits per heavy atom. The Bertz CT molecular complexity index is 377. The molecule has 23 heavy (non-hydrogen) atoms. The molecule has 7 heteroatoms. The number of nitrogens with one attached hydrogen (secondary N) is 3. The molecule has 2 fully saturated rings. The Hall–Kier alpha value is -0.850. The van der Waals surface area contributed by atoms with Crippen LogP contribution < -0.4 is 16.0 Å². The predicted octanol–water partition coefficient (Wildman–Crippen LogP) is 0.847. The molecule has 1 aliphatic heterocycles. The van der Waals surface area contributed by atoms with Crippen LogP contribution in [0.25, 0.3) is 0 Å². The van der Waals surface area contributed by atoms with E-state index in [0.29, 0.717) is 19.7 Å². The van der Waals surface area contributed by atoms with Crippen molar-refractivity contribution in [2.45, 2.75) is 38.5 Å². The zero-order valence-corrected chi connectivity index (χ0v) is 14.8. The highest BCUT2D eigenvalue weighted by molar-refractivity contribution is 5.85. The zero-order chi connectivity index (χ0) is 15.8. The van der Waals surface area contributed by atoms with Crippen LogP contribution in [0.4, 0.5) is 0 Å². The smallest absolute Gasteiger partial charge is 0.228 e. The fraction of sp³-hybridized carbons (Fsp3) is 0.875. The molecule has 1 saturated heterocycles. The molecule has 6 nitrogen and oxygen atoms in total. The maximum atomic E-state index is 12.5. The molecule has 0 atom stereocenters. The molecule has 0 aromatic rings. The Labute approximate surface area is 144 Å². The molecular formula is C16H30ClN3O3. The van der Waals surface area contributed by atoms with Crippen molar-refractivity contribution in [3.63, 3.8) is 0 Å². The number of carbonyl (C=O) groups is 2. The summed E-state index contributed by atoms with van der Waals surface area (Å²) >= 11 is 0. The lowest BCUT2D eigenvalue weighted by atomic mass is 9.78. The molecule has 0 spiro atoms. The van der Waals surface area contributed by atoms with Crippen LogP contribution in [0.5, 0.6) is 0 Å².